The molecule has 1 fully saturated rings. The van der Waals surface area contributed by atoms with Crippen LogP contribution in [0, 0.1) is 16.9 Å². The van der Waals surface area contributed by atoms with E-state index in [-0.39, 0.29) is 16.6 Å². The molecule has 0 bridgehead atoms. The second-order valence-corrected chi connectivity index (χ2v) is 10.6. The highest BCUT2D eigenvalue weighted by atomic mass is 35.5. The summed E-state index contributed by atoms with van der Waals surface area (Å²) in [7, 11) is 0. The molecule has 2 N–H and O–H groups in total. The fourth-order valence-corrected chi connectivity index (χ4v) is 5.55. The van der Waals surface area contributed by atoms with Crippen LogP contribution in [0.25, 0.3) is 27.3 Å². The van der Waals surface area contributed by atoms with Gasteiger partial charge in [-0.25, -0.2) is 9.37 Å². The minimum atomic E-state index is -0.672. The lowest BCUT2D eigenvalue weighted by Gasteiger charge is -2.18. The van der Waals surface area contributed by atoms with E-state index in [9.17, 15) is 5.21 Å². The highest BCUT2D eigenvalue weighted by Gasteiger charge is 2.32. The molecule has 5 aromatic rings. The number of nitrogens with zero attached hydrogens (tertiary/aromatic N) is 8. The largest absolute Gasteiger partial charge is 0.618 e. The van der Waals surface area contributed by atoms with E-state index in [1.54, 1.807) is 29.1 Å². The van der Waals surface area contributed by atoms with Crippen molar-refractivity contribution in [3.63, 3.8) is 0 Å². The van der Waals surface area contributed by atoms with E-state index >= 15 is 4.39 Å². The summed E-state index contributed by atoms with van der Waals surface area (Å²) in [6.07, 6.45) is 9.14. The quantitative estimate of drug-likeness (QED) is 0.227. The van der Waals surface area contributed by atoms with Crippen LogP contribution in [-0.4, -0.2) is 35.0 Å². The number of nitrogens with two attached hydrogens (primary N) is 1. The number of benzene rings is 1. The number of hydrogen-bond donors (Lipinski definition) is 1. The van der Waals surface area contributed by atoms with E-state index in [0.717, 1.165) is 29.6 Å². The molecule has 0 aliphatic heterocycles. The number of anilines is 1. The fraction of sp³-hybridized carbons (Fsp3) is 0.217. The van der Waals surface area contributed by atoms with Crippen molar-refractivity contribution in [2.45, 2.75) is 25.3 Å². The third-order valence-electron chi connectivity index (χ3n) is 6.28. The van der Waals surface area contributed by atoms with Crippen molar-refractivity contribution in [2.75, 3.05) is 5.73 Å². The predicted octanol–water partition coefficient (Wildman–Crippen LogP) is 4.70. The average molecular weight is 558 g/mol. The number of halogens is 3. The topological polar surface area (TPSA) is 127 Å². The predicted molar refractivity (Wildman–Crippen MR) is 137 cm³/mol. The highest BCUT2D eigenvalue weighted by molar-refractivity contribution is 7.19. The minimum Gasteiger partial charge on any atom is -0.618 e. The summed E-state index contributed by atoms with van der Waals surface area (Å²) in [5, 5.41) is 29.6. The lowest BCUT2D eigenvalue weighted by Crippen LogP contribution is -2.35. The Morgan fingerprint density at radius 3 is 2.73 bits per heavy atom. The Balaban J connectivity index is 1.40. The van der Waals surface area contributed by atoms with E-state index in [2.05, 4.69) is 25.6 Å². The van der Waals surface area contributed by atoms with Gasteiger partial charge < -0.3 is 10.9 Å². The normalized spacial score (nSPS) is 14.2. The van der Waals surface area contributed by atoms with Gasteiger partial charge in [-0.05, 0) is 41.0 Å². The van der Waals surface area contributed by atoms with Crippen molar-refractivity contribution in [3.05, 3.63) is 76.1 Å². The Bertz CT molecular complexity index is 1600. The van der Waals surface area contributed by atoms with Gasteiger partial charge in [-0.15, -0.1) is 5.10 Å². The van der Waals surface area contributed by atoms with Gasteiger partial charge in [0.2, 0.25) is 5.69 Å². The Morgan fingerprint density at radius 1 is 1.22 bits per heavy atom. The van der Waals surface area contributed by atoms with E-state index in [0.29, 0.717) is 38.0 Å². The smallest absolute Gasteiger partial charge is 0.217 e. The molecule has 10 nitrogen and oxygen atoms in total. The van der Waals surface area contributed by atoms with Crippen LogP contribution in [0.3, 0.4) is 0 Å². The van der Waals surface area contributed by atoms with Crippen LogP contribution >= 0.6 is 34.5 Å². The first-order valence-electron chi connectivity index (χ1n) is 11.3. The van der Waals surface area contributed by atoms with Crippen molar-refractivity contribution < 1.29 is 9.12 Å². The van der Waals surface area contributed by atoms with Crippen LogP contribution in [0.1, 0.15) is 31.0 Å². The van der Waals surface area contributed by atoms with Gasteiger partial charge in [0.05, 0.1) is 32.9 Å². The van der Waals surface area contributed by atoms with Crippen molar-refractivity contribution >= 4 is 39.7 Å². The number of tetrazole rings is 1. The SMILES string of the molecule is Nc1nc(Cl)c(-c2cnn(C(CC3CC3)c3ccc(-c4c(-n5cnnn5)ccc(Cl)c4F)c[n+]3[O-])c2)s1. The molecule has 188 valence electrons. The summed E-state index contributed by atoms with van der Waals surface area (Å²) in [6.45, 7) is 0. The molecule has 1 aliphatic carbocycles. The van der Waals surface area contributed by atoms with Crippen LogP contribution in [0.2, 0.25) is 10.2 Å². The molecule has 1 atom stereocenters. The summed E-state index contributed by atoms with van der Waals surface area (Å²) in [5.74, 6) is -0.175. The Kier molecular flexibility index (Phi) is 6.01. The Labute approximate surface area is 223 Å². The van der Waals surface area contributed by atoms with Crippen LogP contribution in [0.15, 0.2) is 49.2 Å². The fourth-order valence-electron chi connectivity index (χ4n) is 4.33. The summed E-state index contributed by atoms with van der Waals surface area (Å²) < 4.78 is 19.0. The second-order valence-electron chi connectivity index (χ2n) is 8.75. The van der Waals surface area contributed by atoms with Gasteiger partial charge in [0.15, 0.2) is 17.1 Å². The lowest BCUT2D eigenvalue weighted by molar-refractivity contribution is -0.615. The molecule has 14 heteroatoms. The zero-order valence-electron chi connectivity index (χ0n) is 19.0. The molecular weight excluding hydrogens is 540 g/mol. The first-order valence-corrected chi connectivity index (χ1v) is 12.9. The molecule has 0 amide bonds. The third kappa shape index (κ3) is 4.52. The van der Waals surface area contributed by atoms with Gasteiger partial charge in [-0.2, -0.15) is 14.5 Å². The zero-order valence-corrected chi connectivity index (χ0v) is 21.3. The third-order valence-corrected chi connectivity index (χ3v) is 7.89. The number of pyridine rings is 1. The molecule has 0 saturated heterocycles. The van der Waals surface area contributed by atoms with E-state index in [1.165, 1.54) is 34.6 Å². The Morgan fingerprint density at radius 2 is 2.05 bits per heavy atom. The molecule has 1 aliphatic rings. The highest BCUT2D eigenvalue weighted by Crippen LogP contribution is 2.40. The maximum absolute atomic E-state index is 15.2. The second kappa shape index (κ2) is 9.36. The zero-order chi connectivity index (χ0) is 25.7. The standard InChI is InChI=1S/C23H18Cl2FN9OS/c24-15-4-6-17(34-11-28-31-32-34)19(20(15)26)13-3-5-16(35(36)10-13)18(7-12-1-2-12)33-9-14(8-29-33)21-22(25)30-23(27)37-21/h3-6,8-12,18H,1-2,7H2,(H2,27,30). The van der Waals surface area contributed by atoms with Crippen LogP contribution in [-0.2, 0) is 0 Å². The van der Waals surface area contributed by atoms with Crippen LogP contribution < -0.4 is 10.5 Å². The first kappa shape index (κ1) is 23.8. The summed E-state index contributed by atoms with van der Waals surface area (Å²) >= 11 is 13.6. The summed E-state index contributed by atoms with van der Waals surface area (Å²) in [6, 6.07) is 6.06. The van der Waals surface area contributed by atoms with Gasteiger partial charge in [0.1, 0.15) is 17.5 Å². The van der Waals surface area contributed by atoms with Gasteiger partial charge >= 0.3 is 0 Å². The van der Waals surface area contributed by atoms with Crippen molar-refractivity contribution in [1.82, 2.24) is 35.0 Å². The molecule has 1 aromatic carbocycles. The van der Waals surface area contributed by atoms with Gasteiger partial charge in [-0.1, -0.05) is 47.4 Å². The summed E-state index contributed by atoms with van der Waals surface area (Å²) in [4.78, 5) is 4.78. The summed E-state index contributed by atoms with van der Waals surface area (Å²) in [5.41, 5.74) is 7.85. The van der Waals surface area contributed by atoms with E-state index < -0.39 is 5.82 Å². The number of thiazole rings is 1. The monoisotopic (exact) mass is 557 g/mol. The maximum atomic E-state index is 15.2. The molecule has 4 heterocycles. The van der Waals surface area contributed by atoms with Crippen molar-refractivity contribution in [1.29, 1.82) is 0 Å². The molecule has 0 spiro atoms. The van der Waals surface area contributed by atoms with E-state index in [1.807, 2.05) is 6.20 Å². The number of hydrogen-bond acceptors (Lipinski definition) is 8. The lowest BCUT2D eigenvalue weighted by atomic mass is 10.0. The van der Waals surface area contributed by atoms with E-state index in [4.69, 9.17) is 28.9 Å². The molecule has 1 saturated carbocycles. The molecule has 37 heavy (non-hydrogen) atoms. The van der Waals surface area contributed by atoms with Gasteiger partial charge in [0, 0.05) is 17.8 Å². The number of aromatic nitrogens is 8. The maximum Gasteiger partial charge on any atom is 0.217 e. The molecule has 1 unspecified atom stereocenters. The molecule has 6 rings (SSSR count). The first-order chi connectivity index (χ1) is 17.9. The number of nitrogen functional groups attached to an aromatic ring is 1. The minimum absolute atomic E-state index is 0.0774. The molecule has 4 aromatic heterocycles. The van der Waals surface area contributed by atoms with Crippen LogP contribution in [0.4, 0.5) is 9.52 Å². The number of rotatable bonds is 7. The van der Waals surface area contributed by atoms with Gasteiger partial charge in [0.25, 0.3) is 0 Å². The van der Waals surface area contributed by atoms with Gasteiger partial charge in [-0.3, -0.25) is 4.68 Å². The van der Waals surface area contributed by atoms with Crippen LogP contribution in [0.5, 0.6) is 0 Å². The molecule has 0 radical (unpaired) electrons. The van der Waals surface area contributed by atoms with Crippen molar-refractivity contribution in [2.24, 2.45) is 5.92 Å². The molecular formula is C23H18Cl2FN9OS. The average Bonchev–Trinajstić information content (AvgIpc) is 3.24. The van der Waals surface area contributed by atoms with Crippen molar-refractivity contribution in [3.8, 4) is 27.3 Å². The Hall–Kier alpha value is -3.61.